The largest absolute Gasteiger partial charge is 0.486 e. The van der Waals surface area contributed by atoms with Gasteiger partial charge in [0.05, 0.1) is 0 Å². The fourth-order valence-electron chi connectivity index (χ4n) is 2.77. The summed E-state index contributed by atoms with van der Waals surface area (Å²) >= 11 is 0. The number of carbonyl (C=O) groups excluding carboxylic acids is 1. The van der Waals surface area contributed by atoms with E-state index in [0.717, 1.165) is 17.7 Å². The lowest BCUT2D eigenvalue weighted by Crippen LogP contribution is -2.45. The van der Waals surface area contributed by atoms with Gasteiger partial charge < -0.3 is 14.4 Å². The lowest BCUT2D eigenvalue weighted by atomic mass is 10.1. The molecule has 1 amide bonds. The molecule has 0 bridgehead atoms. The number of rotatable bonds is 4. The molecule has 4 nitrogen and oxygen atoms in total. The highest BCUT2D eigenvalue weighted by atomic mass is 19.4. The predicted octanol–water partition coefficient (Wildman–Crippen LogP) is 3.26. The Bertz CT molecular complexity index is 599. The predicted molar refractivity (Wildman–Crippen MR) is 76.7 cm³/mol. The number of nitrogens with zero attached hydrogens (tertiary/aromatic N) is 1. The molecule has 23 heavy (non-hydrogen) atoms. The summed E-state index contributed by atoms with van der Waals surface area (Å²) in [6, 6.07) is 4.07. The number of alkyl halides is 3. The van der Waals surface area contributed by atoms with Crippen LogP contribution in [0.15, 0.2) is 18.2 Å². The number of hydrogen-bond acceptors (Lipinski definition) is 3. The first-order chi connectivity index (χ1) is 10.8. The molecule has 1 aromatic rings. The second-order valence-electron chi connectivity index (χ2n) is 5.98. The molecular weight excluding hydrogens is 311 g/mol. The van der Waals surface area contributed by atoms with Crippen molar-refractivity contribution in [1.82, 2.24) is 4.90 Å². The van der Waals surface area contributed by atoms with E-state index in [9.17, 15) is 18.0 Å². The third kappa shape index (κ3) is 3.71. The summed E-state index contributed by atoms with van der Waals surface area (Å²) in [5, 5.41) is 0. The molecule has 0 N–H and O–H groups in total. The van der Waals surface area contributed by atoms with E-state index in [2.05, 4.69) is 0 Å². The zero-order valence-corrected chi connectivity index (χ0v) is 12.7. The Hall–Kier alpha value is -1.92. The quantitative estimate of drug-likeness (QED) is 0.851. The first-order valence-corrected chi connectivity index (χ1v) is 7.62. The van der Waals surface area contributed by atoms with Crippen molar-refractivity contribution in [3.8, 4) is 11.5 Å². The lowest BCUT2D eigenvalue weighted by Gasteiger charge is -2.30. The standard InChI is InChI=1S/C16H18F3NO3/c1-10(11-2-3-11)20(9-16(17,18)19)15(21)12-4-5-13-14(8-12)23-7-6-22-13/h4-5,8,10-11H,2-3,6-7,9H2,1H3/t10-/m1/s1. The molecule has 0 unspecified atom stereocenters. The second kappa shape index (κ2) is 5.94. The summed E-state index contributed by atoms with van der Waals surface area (Å²) in [6.07, 6.45) is -2.69. The summed E-state index contributed by atoms with van der Waals surface area (Å²) in [4.78, 5) is 13.5. The maximum atomic E-state index is 12.9. The van der Waals surface area contributed by atoms with Crippen LogP contribution in [0.3, 0.4) is 0 Å². The minimum atomic E-state index is -4.42. The van der Waals surface area contributed by atoms with Crippen molar-refractivity contribution in [2.45, 2.75) is 32.0 Å². The number of fused-ring (bicyclic) bond motifs is 1. The van der Waals surface area contributed by atoms with Crippen LogP contribution in [0.5, 0.6) is 11.5 Å². The number of ether oxygens (including phenoxy) is 2. The summed E-state index contributed by atoms with van der Waals surface area (Å²) in [5.41, 5.74) is 0.186. The van der Waals surface area contributed by atoms with E-state index in [1.54, 1.807) is 13.0 Å². The van der Waals surface area contributed by atoms with Crippen LogP contribution in [0.25, 0.3) is 0 Å². The van der Waals surface area contributed by atoms with Gasteiger partial charge in [-0.15, -0.1) is 0 Å². The van der Waals surface area contributed by atoms with Crippen LogP contribution in [0.4, 0.5) is 13.2 Å². The zero-order valence-electron chi connectivity index (χ0n) is 12.7. The summed E-state index contributed by atoms with van der Waals surface area (Å²) in [6.45, 7) is 1.21. The van der Waals surface area contributed by atoms with Gasteiger partial charge in [0.2, 0.25) is 0 Å². The smallest absolute Gasteiger partial charge is 0.406 e. The Morgan fingerprint density at radius 2 is 1.91 bits per heavy atom. The Balaban J connectivity index is 1.84. The average molecular weight is 329 g/mol. The summed E-state index contributed by atoms with van der Waals surface area (Å²) in [5.74, 6) is 0.427. The molecule has 1 aliphatic carbocycles. The highest BCUT2D eigenvalue weighted by Crippen LogP contribution is 2.37. The van der Waals surface area contributed by atoms with Crippen molar-refractivity contribution >= 4 is 5.91 Å². The highest BCUT2D eigenvalue weighted by molar-refractivity contribution is 5.95. The molecule has 1 heterocycles. The maximum absolute atomic E-state index is 12.9. The molecule has 126 valence electrons. The van der Waals surface area contributed by atoms with Crippen LogP contribution >= 0.6 is 0 Å². The van der Waals surface area contributed by atoms with Crippen molar-refractivity contribution < 1.29 is 27.4 Å². The zero-order chi connectivity index (χ0) is 16.6. The average Bonchev–Trinajstić information content (AvgIpc) is 3.35. The minimum absolute atomic E-state index is 0.151. The Morgan fingerprint density at radius 3 is 2.52 bits per heavy atom. The van der Waals surface area contributed by atoms with Crippen molar-refractivity contribution in [3.63, 3.8) is 0 Å². The normalized spacial score (nSPS) is 18.4. The molecular formula is C16H18F3NO3. The maximum Gasteiger partial charge on any atom is 0.406 e. The van der Waals surface area contributed by atoms with Crippen LogP contribution in [-0.4, -0.2) is 42.8 Å². The van der Waals surface area contributed by atoms with Crippen molar-refractivity contribution in [2.75, 3.05) is 19.8 Å². The van der Waals surface area contributed by atoms with Gasteiger partial charge in [-0.2, -0.15) is 13.2 Å². The van der Waals surface area contributed by atoms with Crippen molar-refractivity contribution in [3.05, 3.63) is 23.8 Å². The van der Waals surface area contributed by atoms with Crippen LogP contribution in [0.1, 0.15) is 30.1 Å². The van der Waals surface area contributed by atoms with Gasteiger partial charge in [0, 0.05) is 11.6 Å². The Morgan fingerprint density at radius 1 is 1.26 bits per heavy atom. The third-order valence-electron chi connectivity index (χ3n) is 4.20. The van der Waals surface area contributed by atoms with Gasteiger partial charge in [0.1, 0.15) is 19.8 Å². The molecule has 0 aromatic heterocycles. The van der Waals surface area contributed by atoms with Gasteiger partial charge in [-0.05, 0) is 43.9 Å². The first kappa shape index (κ1) is 16.0. The van der Waals surface area contributed by atoms with Crippen LogP contribution in [0, 0.1) is 5.92 Å². The molecule has 1 fully saturated rings. The molecule has 1 atom stereocenters. The number of halogens is 3. The number of amides is 1. The molecule has 1 saturated carbocycles. The molecule has 7 heteroatoms. The van der Waals surface area contributed by atoms with Gasteiger partial charge in [0.15, 0.2) is 11.5 Å². The molecule has 0 saturated heterocycles. The number of hydrogen-bond donors (Lipinski definition) is 0. The number of carbonyl (C=O) groups is 1. The van der Waals surface area contributed by atoms with Gasteiger partial charge in [0.25, 0.3) is 5.91 Å². The number of benzene rings is 1. The van der Waals surface area contributed by atoms with Crippen LogP contribution < -0.4 is 9.47 Å². The lowest BCUT2D eigenvalue weighted by molar-refractivity contribution is -0.144. The fourth-order valence-corrected chi connectivity index (χ4v) is 2.77. The van der Waals surface area contributed by atoms with E-state index in [1.165, 1.54) is 12.1 Å². The summed E-state index contributed by atoms with van der Waals surface area (Å²) in [7, 11) is 0. The van der Waals surface area contributed by atoms with Crippen molar-refractivity contribution in [1.29, 1.82) is 0 Å². The second-order valence-corrected chi connectivity index (χ2v) is 5.98. The van der Waals surface area contributed by atoms with Gasteiger partial charge in [-0.1, -0.05) is 0 Å². The van der Waals surface area contributed by atoms with E-state index in [0.29, 0.717) is 24.7 Å². The van der Waals surface area contributed by atoms with Crippen LogP contribution in [0.2, 0.25) is 0 Å². The molecule has 1 aromatic carbocycles. The fraction of sp³-hybridized carbons (Fsp3) is 0.562. The van der Waals surface area contributed by atoms with E-state index >= 15 is 0 Å². The molecule has 2 aliphatic rings. The topological polar surface area (TPSA) is 38.8 Å². The third-order valence-corrected chi connectivity index (χ3v) is 4.20. The van der Waals surface area contributed by atoms with E-state index in [-0.39, 0.29) is 11.5 Å². The molecule has 0 spiro atoms. The van der Waals surface area contributed by atoms with Gasteiger partial charge in [-0.3, -0.25) is 4.79 Å². The van der Waals surface area contributed by atoms with Crippen molar-refractivity contribution in [2.24, 2.45) is 5.92 Å². The van der Waals surface area contributed by atoms with Gasteiger partial charge in [-0.25, -0.2) is 0 Å². The van der Waals surface area contributed by atoms with E-state index < -0.39 is 24.7 Å². The minimum Gasteiger partial charge on any atom is -0.486 e. The van der Waals surface area contributed by atoms with Gasteiger partial charge >= 0.3 is 6.18 Å². The van der Waals surface area contributed by atoms with E-state index in [1.807, 2.05) is 0 Å². The van der Waals surface area contributed by atoms with E-state index in [4.69, 9.17) is 9.47 Å². The Labute approximate surface area is 132 Å². The first-order valence-electron chi connectivity index (χ1n) is 7.62. The molecule has 1 aliphatic heterocycles. The highest BCUT2D eigenvalue weighted by Gasteiger charge is 2.40. The monoisotopic (exact) mass is 329 g/mol. The molecule has 0 radical (unpaired) electrons. The van der Waals surface area contributed by atoms with Crippen LogP contribution in [-0.2, 0) is 0 Å². The molecule has 3 rings (SSSR count). The SMILES string of the molecule is C[C@H](C1CC1)N(CC(F)(F)F)C(=O)c1ccc2c(c1)OCCO2. The summed E-state index contributed by atoms with van der Waals surface area (Å²) < 4.78 is 49.3. The Kier molecular flexibility index (Phi) is 4.12.